The third-order valence-electron chi connectivity index (χ3n) is 1.86. The molecular weight excluding hydrogens is 280 g/mol. The van der Waals surface area contributed by atoms with Gasteiger partial charge in [0.2, 0.25) is 14.2 Å². The molecule has 0 aliphatic heterocycles. The first kappa shape index (κ1) is 12.3. The average Bonchev–Trinajstić information content (AvgIpc) is 2.85. The fourth-order valence-electron chi connectivity index (χ4n) is 1.08. The van der Waals surface area contributed by atoms with Crippen molar-refractivity contribution in [3.8, 4) is 9.88 Å². The van der Waals surface area contributed by atoms with E-state index in [0.717, 1.165) is 21.9 Å². The van der Waals surface area contributed by atoms with Crippen molar-refractivity contribution in [2.24, 2.45) is 0 Å². The molecule has 0 aliphatic rings. The quantitative estimate of drug-likeness (QED) is 0.789. The van der Waals surface area contributed by atoms with Crippen LogP contribution in [0.15, 0.2) is 17.0 Å². The second-order valence-corrected chi connectivity index (χ2v) is 7.07. The normalized spacial score (nSPS) is 11.6. The lowest BCUT2D eigenvalue weighted by Gasteiger charge is -1.92. The summed E-state index contributed by atoms with van der Waals surface area (Å²) in [6.45, 7) is 5.19. The van der Waals surface area contributed by atoms with Crippen molar-refractivity contribution in [2.75, 3.05) is 5.75 Å². The van der Waals surface area contributed by atoms with Crippen LogP contribution >= 0.6 is 22.9 Å². The van der Waals surface area contributed by atoms with Crippen molar-refractivity contribution < 1.29 is 8.42 Å². The molecule has 0 amide bonds. The Bertz CT molecular complexity index is 643. The van der Waals surface area contributed by atoms with Crippen LogP contribution in [0, 0.1) is 6.92 Å². The number of sulfone groups is 1. The highest BCUT2D eigenvalue weighted by molar-refractivity contribution is 7.93. The smallest absolute Gasteiger partial charge is 0.221 e. The number of aromatic nitrogens is 4. The summed E-state index contributed by atoms with van der Waals surface area (Å²) in [5.41, 5.74) is 0.721. The van der Waals surface area contributed by atoms with E-state index in [0.29, 0.717) is 5.01 Å². The second-order valence-electron chi connectivity index (χ2n) is 3.13. The molecule has 90 valence electrons. The SMILES string of the molecule is C=CCS(=O)(=O)c1nnc(-c2snnc2C)s1. The van der Waals surface area contributed by atoms with E-state index in [4.69, 9.17) is 0 Å². The number of hydrogen-bond acceptors (Lipinski definition) is 8. The van der Waals surface area contributed by atoms with E-state index in [2.05, 4.69) is 26.4 Å². The van der Waals surface area contributed by atoms with Crippen molar-refractivity contribution in [3.63, 3.8) is 0 Å². The third kappa shape index (κ3) is 2.40. The molecule has 0 aromatic carbocycles. The summed E-state index contributed by atoms with van der Waals surface area (Å²) in [5.74, 6) is -0.137. The average molecular weight is 288 g/mol. The maximum Gasteiger partial charge on any atom is 0.233 e. The van der Waals surface area contributed by atoms with E-state index < -0.39 is 9.84 Å². The Morgan fingerprint density at radius 2 is 2.12 bits per heavy atom. The Hall–Kier alpha value is -1.19. The first-order valence-electron chi connectivity index (χ1n) is 4.51. The second kappa shape index (κ2) is 4.59. The Morgan fingerprint density at radius 1 is 1.35 bits per heavy atom. The lowest BCUT2D eigenvalue weighted by Crippen LogP contribution is -2.03. The van der Waals surface area contributed by atoms with Gasteiger partial charge in [-0.25, -0.2) is 8.42 Å². The van der Waals surface area contributed by atoms with Gasteiger partial charge in [-0.1, -0.05) is 21.9 Å². The van der Waals surface area contributed by atoms with Crippen molar-refractivity contribution in [3.05, 3.63) is 18.3 Å². The number of hydrogen-bond donors (Lipinski definition) is 0. The minimum atomic E-state index is -3.40. The van der Waals surface area contributed by atoms with Gasteiger partial charge in [-0.3, -0.25) is 0 Å². The molecule has 0 saturated carbocycles. The van der Waals surface area contributed by atoms with Gasteiger partial charge in [0.25, 0.3) is 0 Å². The van der Waals surface area contributed by atoms with Gasteiger partial charge in [-0.15, -0.1) is 21.9 Å². The van der Waals surface area contributed by atoms with Gasteiger partial charge in [0, 0.05) is 0 Å². The lowest BCUT2D eigenvalue weighted by molar-refractivity contribution is 0.597. The summed E-state index contributed by atoms with van der Waals surface area (Å²) in [5, 5.41) is 11.9. The van der Waals surface area contributed by atoms with Crippen molar-refractivity contribution in [2.45, 2.75) is 11.3 Å². The highest BCUT2D eigenvalue weighted by atomic mass is 32.2. The topological polar surface area (TPSA) is 85.7 Å². The maximum absolute atomic E-state index is 11.7. The molecule has 0 N–H and O–H groups in total. The zero-order valence-corrected chi connectivity index (χ0v) is 11.3. The van der Waals surface area contributed by atoms with Crippen LogP contribution in [0.25, 0.3) is 9.88 Å². The van der Waals surface area contributed by atoms with Crippen LogP contribution in [0.2, 0.25) is 0 Å². The van der Waals surface area contributed by atoms with Crippen LogP contribution in [0.4, 0.5) is 0 Å². The molecule has 0 radical (unpaired) electrons. The van der Waals surface area contributed by atoms with Gasteiger partial charge in [0.05, 0.1) is 11.4 Å². The summed E-state index contributed by atoms with van der Waals surface area (Å²) in [6.07, 6.45) is 1.33. The van der Waals surface area contributed by atoms with Gasteiger partial charge in [0.15, 0.2) is 5.01 Å². The monoisotopic (exact) mass is 288 g/mol. The minimum absolute atomic E-state index is 0.000185. The maximum atomic E-state index is 11.7. The summed E-state index contributed by atoms with van der Waals surface area (Å²) < 4.78 is 27.2. The number of rotatable bonds is 4. The standard InChI is InChI=1S/C8H8N4O2S3/c1-3-4-17(13,14)8-11-10-7(15-8)6-5(2)9-12-16-6/h3H,1,4H2,2H3. The third-order valence-corrected chi connectivity index (χ3v) is 5.85. The Morgan fingerprint density at radius 3 is 2.71 bits per heavy atom. The Balaban J connectivity index is 2.41. The first-order valence-corrected chi connectivity index (χ1v) is 7.75. The van der Waals surface area contributed by atoms with Crippen LogP contribution in [0.1, 0.15) is 5.69 Å². The predicted octanol–water partition coefficient (Wildman–Crippen LogP) is 1.32. The molecule has 9 heteroatoms. The molecule has 2 aromatic rings. The summed E-state index contributed by atoms with van der Waals surface area (Å²) >= 11 is 2.20. The predicted molar refractivity (Wildman–Crippen MR) is 65.8 cm³/mol. The number of nitrogens with zero attached hydrogens (tertiary/aromatic N) is 4. The fraction of sp³-hybridized carbons (Fsp3) is 0.250. The molecular formula is C8H8N4O2S3. The molecule has 0 unspecified atom stereocenters. The zero-order chi connectivity index (χ0) is 12.5. The van der Waals surface area contributed by atoms with Crippen LogP contribution in [-0.2, 0) is 9.84 Å². The molecule has 0 bridgehead atoms. The van der Waals surface area contributed by atoms with Crippen LogP contribution < -0.4 is 0 Å². The van der Waals surface area contributed by atoms with E-state index in [1.54, 1.807) is 6.92 Å². The van der Waals surface area contributed by atoms with Crippen LogP contribution in [0.3, 0.4) is 0 Å². The number of aryl methyl sites for hydroxylation is 1. The first-order chi connectivity index (χ1) is 8.04. The summed E-state index contributed by atoms with van der Waals surface area (Å²) in [7, 11) is -3.40. The van der Waals surface area contributed by atoms with E-state index in [1.807, 2.05) is 0 Å². The van der Waals surface area contributed by atoms with Gasteiger partial charge in [0.1, 0.15) is 4.88 Å². The Labute approximate surface area is 106 Å². The van der Waals surface area contributed by atoms with Crippen molar-refractivity contribution in [1.82, 2.24) is 19.8 Å². The molecule has 0 atom stereocenters. The molecule has 17 heavy (non-hydrogen) atoms. The van der Waals surface area contributed by atoms with Crippen LogP contribution in [-0.4, -0.2) is 34.0 Å². The van der Waals surface area contributed by atoms with Crippen molar-refractivity contribution >= 4 is 32.7 Å². The highest BCUT2D eigenvalue weighted by Crippen LogP contribution is 2.30. The summed E-state index contributed by atoms with van der Waals surface area (Å²) in [4.78, 5) is 0.752. The van der Waals surface area contributed by atoms with Crippen molar-refractivity contribution in [1.29, 1.82) is 0 Å². The molecule has 0 aliphatic carbocycles. The van der Waals surface area contributed by atoms with E-state index >= 15 is 0 Å². The zero-order valence-electron chi connectivity index (χ0n) is 8.82. The van der Waals surface area contributed by atoms with E-state index in [9.17, 15) is 8.42 Å². The summed E-state index contributed by atoms with van der Waals surface area (Å²) in [6, 6.07) is 0. The minimum Gasteiger partial charge on any atom is -0.221 e. The molecule has 0 spiro atoms. The molecule has 0 fully saturated rings. The molecule has 2 heterocycles. The molecule has 2 rings (SSSR count). The van der Waals surface area contributed by atoms with Crippen LogP contribution in [0.5, 0.6) is 0 Å². The van der Waals surface area contributed by atoms with Gasteiger partial charge in [-0.05, 0) is 18.5 Å². The highest BCUT2D eigenvalue weighted by Gasteiger charge is 2.20. The molecule has 6 nitrogen and oxygen atoms in total. The van der Waals surface area contributed by atoms with Gasteiger partial charge >= 0.3 is 0 Å². The Kier molecular flexibility index (Phi) is 3.31. The fourth-order valence-corrected chi connectivity index (χ4v) is 3.99. The molecule has 2 aromatic heterocycles. The van der Waals surface area contributed by atoms with Gasteiger partial charge < -0.3 is 0 Å². The lowest BCUT2D eigenvalue weighted by atomic mass is 10.4. The van der Waals surface area contributed by atoms with E-state index in [1.165, 1.54) is 17.6 Å². The largest absolute Gasteiger partial charge is 0.233 e. The van der Waals surface area contributed by atoms with Gasteiger partial charge in [-0.2, -0.15) is 0 Å². The van der Waals surface area contributed by atoms with E-state index in [-0.39, 0.29) is 10.1 Å². The molecule has 0 saturated heterocycles.